The number of nitrogens with zero attached hydrogens (tertiary/aromatic N) is 1. The van der Waals surface area contributed by atoms with Gasteiger partial charge in [0.1, 0.15) is 11.9 Å². The lowest BCUT2D eigenvalue weighted by molar-refractivity contribution is 0.122. The van der Waals surface area contributed by atoms with Crippen molar-refractivity contribution in [3.8, 4) is 5.75 Å². The summed E-state index contributed by atoms with van der Waals surface area (Å²) in [6, 6.07) is 6.38. The maximum atomic E-state index is 5.84. The molecule has 2 aliphatic heterocycles. The van der Waals surface area contributed by atoms with E-state index in [1.54, 1.807) is 0 Å². The van der Waals surface area contributed by atoms with Gasteiger partial charge in [0, 0.05) is 24.8 Å². The molecule has 4 nitrogen and oxygen atoms in total. The van der Waals surface area contributed by atoms with Crippen LogP contribution in [0.25, 0.3) is 0 Å². The van der Waals surface area contributed by atoms with Gasteiger partial charge in [-0.05, 0) is 19.1 Å². The predicted molar refractivity (Wildman–Crippen MR) is 68.1 cm³/mol. The van der Waals surface area contributed by atoms with Crippen LogP contribution in [0.4, 0.5) is 11.4 Å². The summed E-state index contributed by atoms with van der Waals surface area (Å²) >= 11 is 0. The maximum Gasteiger partial charge on any atom is 0.144 e. The average molecular weight is 234 g/mol. The molecule has 0 bridgehead atoms. The van der Waals surface area contributed by atoms with Gasteiger partial charge in [0.05, 0.1) is 25.4 Å². The first-order valence-corrected chi connectivity index (χ1v) is 6.20. The van der Waals surface area contributed by atoms with Crippen LogP contribution in [-0.2, 0) is 4.74 Å². The third kappa shape index (κ3) is 2.17. The molecule has 3 rings (SSSR count). The zero-order valence-corrected chi connectivity index (χ0v) is 10.1. The quantitative estimate of drug-likeness (QED) is 0.802. The van der Waals surface area contributed by atoms with Crippen molar-refractivity contribution in [1.29, 1.82) is 0 Å². The van der Waals surface area contributed by atoms with Gasteiger partial charge in [-0.25, -0.2) is 0 Å². The highest BCUT2D eigenvalue weighted by Crippen LogP contribution is 2.33. The fraction of sp³-hybridized carbons (Fsp3) is 0.538. The van der Waals surface area contributed by atoms with Crippen molar-refractivity contribution in [2.24, 2.45) is 0 Å². The van der Waals surface area contributed by atoms with E-state index in [4.69, 9.17) is 9.47 Å². The number of benzene rings is 1. The summed E-state index contributed by atoms with van der Waals surface area (Å²) in [5.41, 5.74) is 2.32. The predicted octanol–water partition coefficient (Wildman–Crippen LogP) is 1.72. The van der Waals surface area contributed by atoms with Crippen molar-refractivity contribution in [3.63, 3.8) is 0 Å². The van der Waals surface area contributed by atoms with Crippen LogP contribution in [-0.4, -0.2) is 39.0 Å². The van der Waals surface area contributed by atoms with Crippen molar-refractivity contribution in [1.82, 2.24) is 0 Å². The highest BCUT2D eigenvalue weighted by Gasteiger charge is 2.18. The van der Waals surface area contributed by atoms with Gasteiger partial charge in [-0.15, -0.1) is 0 Å². The van der Waals surface area contributed by atoms with Gasteiger partial charge in [-0.1, -0.05) is 0 Å². The summed E-state index contributed by atoms with van der Waals surface area (Å²) in [4.78, 5) is 2.34. The number of anilines is 2. The summed E-state index contributed by atoms with van der Waals surface area (Å²) in [6.45, 7) is 6.50. The molecule has 1 N–H and O–H groups in total. The van der Waals surface area contributed by atoms with Crippen LogP contribution in [0.5, 0.6) is 5.75 Å². The van der Waals surface area contributed by atoms with Crippen LogP contribution in [0.1, 0.15) is 6.92 Å². The number of rotatable bonds is 1. The Bertz CT molecular complexity index is 402. The minimum atomic E-state index is 0.238. The third-order valence-electron chi connectivity index (χ3n) is 3.25. The van der Waals surface area contributed by atoms with Crippen molar-refractivity contribution >= 4 is 11.4 Å². The molecule has 92 valence electrons. The number of morpholine rings is 1. The van der Waals surface area contributed by atoms with Crippen LogP contribution in [0.2, 0.25) is 0 Å². The molecule has 1 unspecified atom stereocenters. The molecule has 1 saturated heterocycles. The van der Waals surface area contributed by atoms with Gasteiger partial charge in [0.25, 0.3) is 0 Å². The molecule has 0 radical (unpaired) electrons. The van der Waals surface area contributed by atoms with Gasteiger partial charge in [0.15, 0.2) is 0 Å². The molecule has 0 spiro atoms. The second-order valence-corrected chi connectivity index (χ2v) is 4.59. The van der Waals surface area contributed by atoms with E-state index in [0.717, 1.165) is 44.3 Å². The van der Waals surface area contributed by atoms with E-state index in [1.807, 2.05) is 0 Å². The van der Waals surface area contributed by atoms with E-state index in [2.05, 4.69) is 35.3 Å². The molecule has 0 saturated carbocycles. The van der Waals surface area contributed by atoms with Crippen LogP contribution in [0.15, 0.2) is 18.2 Å². The molecule has 1 aromatic rings. The van der Waals surface area contributed by atoms with E-state index in [-0.39, 0.29) is 6.10 Å². The first-order chi connectivity index (χ1) is 8.33. The molecule has 0 amide bonds. The lowest BCUT2D eigenvalue weighted by atomic mass is 10.2. The zero-order valence-electron chi connectivity index (χ0n) is 10.1. The van der Waals surface area contributed by atoms with E-state index in [9.17, 15) is 0 Å². The van der Waals surface area contributed by atoms with Gasteiger partial charge < -0.3 is 19.7 Å². The molecule has 2 heterocycles. The maximum absolute atomic E-state index is 5.84. The Balaban J connectivity index is 1.84. The van der Waals surface area contributed by atoms with Crippen LogP contribution < -0.4 is 15.0 Å². The first-order valence-electron chi connectivity index (χ1n) is 6.20. The van der Waals surface area contributed by atoms with Crippen LogP contribution in [0, 0.1) is 0 Å². The lowest BCUT2D eigenvalue weighted by Crippen LogP contribution is -2.36. The van der Waals surface area contributed by atoms with Gasteiger partial charge in [-0.2, -0.15) is 0 Å². The number of nitrogens with one attached hydrogen (secondary N) is 1. The topological polar surface area (TPSA) is 33.7 Å². The Hall–Kier alpha value is -1.42. The number of hydrogen-bond donors (Lipinski definition) is 1. The molecular weight excluding hydrogens is 216 g/mol. The summed E-state index contributed by atoms with van der Waals surface area (Å²) in [5, 5.41) is 3.37. The van der Waals surface area contributed by atoms with E-state index in [1.165, 1.54) is 5.69 Å². The van der Waals surface area contributed by atoms with Crippen LogP contribution in [0.3, 0.4) is 0 Å². The largest absolute Gasteiger partial charge is 0.487 e. The first kappa shape index (κ1) is 10.7. The Labute approximate surface area is 102 Å². The lowest BCUT2D eigenvalue weighted by Gasteiger charge is -2.31. The second kappa shape index (κ2) is 4.45. The minimum Gasteiger partial charge on any atom is -0.487 e. The normalized spacial score (nSPS) is 23.6. The fourth-order valence-corrected chi connectivity index (χ4v) is 2.28. The summed E-state index contributed by atoms with van der Waals surface area (Å²) in [7, 11) is 0. The van der Waals surface area contributed by atoms with Gasteiger partial charge >= 0.3 is 0 Å². The SMILES string of the molecule is CC1CNc2ccc(N3CCOCC3)cc2O1. The van der Waals surface area contributed by atoms with Gasteiger partial charge in [-0.3, -0.25) is 0 Å². The zero-order chi connectivity index (χ0) is 11.7. The average Bonchev–Trinajstić information content (AvgIpc) is 2.39. The molecule has 1 aromatic carbocycles. The number of hydrogen-bond acceptors (Lipinski definition) is 4. The van der Waals surface area contributed by atoms with E-state index in [0.29, 0.717) is 0 Å². The molecule has 1 fully saturated rings. The Morgan fingerprint density at radius 2 is 2.12 bits per heavy atom. The smallest absolute Gasteiger partial charge is 0.144 e. The molecular formula is C13H18N2O2. The van der Waals surface area contributed by atoms with Crippen molar-refractivity contribution in [2.75, 3.05) is 43.1 Å². The Morgan fingerprint density at radius 1 is 1.29 bits per heavy atom. The monoisotopic (exact) mass is 234 g/mol. The Morgan fingerprint density at radius 3 is 2.94 bits per heavy atom. The molecule has 2 aliphatic rings. The highest BCUT2D eigenvalue weighted by atomic mass is 16.5. The highest BCUT2D eigenvalue weighted by molar-refractivity contribution is 5.65. The molecule has 1 atom stereocenters. The summed E-state index contributed by atoms with van der Waals surface area (Å²) in [5.74, 6) is 0.966. The van der Waals surface area contributed by atoms with E-state index >= 15 is 0 Å². The van der Waals surface area contributed by atoms with Gasteiger partial charge in [0.2, 0.25) is 0 Å². The summed E-state index contributed by atoms with van der Waals surface area (Å²) < 4.78 is 11.2. The summed E-state index contributed by atoms with van der Waals surface area (Å²) in [6.07, 6.45) is 0.238. The Kier molecular flexibility index (Phi) is 2.81. The van der Waals surface area contributed by atoms with Crippen molar-refractivity contribution < 1.29 is 9.47 Å². The fourth-order valence-electron chi connectivity index (χ4n) is 2.28. The third-order valence-corrected chi connectivity index (χ3v) is 3.25. The molecule has 17 heavy (non-hydrogen) atoms. The van der Waals surface area contributed by atoms with Crippen molar-refractivity contribution in [2.45, 2.75) is 13.0 Å². The molecule has 0 aliphatic carbocycles. The van der Waals surface area contributed by atoms with Crippen molar-refractivity contribution in [3.05, 3.63) is 18.2 Å². The molecule has 0 aromatic heterocycles. The van der Waals surface area contributed by atoms with Crippen LogP contribution >= 0.6 is 0 Å². The molecule has 4 heteroatoms. The number of ether oxygens (including phenoxy) is 2. The minimum absolute atomic E-state index is 0.238. The second-order valence-electron chi connectivity index (χ2n) is 4.59. The standard InChI is InChI=1S/C13H18N2O2/c1-10-9-14-12-3-2-11(8-13(12)17-10)15-4-6-16-7-5-15/h2-3,8,10,14H,4-7,9H2,1H3. The van der Waals surface area contributed by atoms with E-state index < -0.39 is 0 Å². The number of fused-ring (bicyclic) bond motifs is 1.